The molecule has 2 N–H and O–H groups in total. The summed E-state index contributed by atoms with van der Waals surface area (Å²) in [4.78, 5) is 4.12. The van der Waals surface area contributed by atoms with Gasteiger partial charge in [0.25, 0.3) is 0 Å². The van der Waals surface area contributed by atoms with Crippen molar-refractivity contribution in [2.75, 3.05) is 19.8 Å². The van der Waals surface area contributed by atoms with Gasteiger partial charge in [-0.25, -0.2) is 8.78 Å². The number of aromatic nitrogens is 3. The normalized spacial score (nSPS) is 11.9. The van der Waals surface area contributed by atoms with Crippen molar-refractivity contribution in [2.24, 2.45) is 10.9 Å². The van der Waals surface area contributed by atoms with E-state index in [0.29, 0.717) is 18.4 Å². The average Bonchev–Trinajstić information content (AvgIpc) is 3.04. The van der Waals surface area contributed by atoms with Crippen molar-refractivity contribution in [2.45, 2.75) is 44.9 Å². The summed E-state index contributed by atoms with van der Waals surface area (Å²) >= 11 is 1.60. The summed E-state index contributed by atoms with van der Waals surface area (Å²) in [5.41, 5.74) is 0.259. The lowest BCUT2D eigenvalue weighted by Gasteiger charge is -2.13. The standard InChI is InChI=1S/C19H28F2N6S/c1-13(2)12-27-17(25-26-19(27)28-4)6-5-9-23-18(22-3)24-11-14-10-15(20)7-8-16(14)21/h7-8,10,13H,5-6,9,11-12H2,1-4H3,(H2,22,23,24). The van der Waals surface area contributed by atoms with Gasteiger partial charge in [0.1, 0.15) is 17.5 Å². The second kappa shape index (κ2) is 11.0. The molecule has 9 heteroatoms. The number of hydrogen-bond donors (Lipinski definition) is 2. The molecule has 2 rings (SSSR count). The highest BCUT2D eigenvalue weighted by Gasteiger charge is 2.12. The number of halogens is 2. The van der Waals surface area contributed by atoms with E-state index in [0.717, 1.165) is 42.5 Å². The van der Waals surface area contributed by atoms with Gasteiger partial charge < -0.3 is 15.2 Å². The zero-order chi connectivity index (χ0) is 20.5. The molecule has 2 aromatic rings. The molecule has 0 bridgehead atoms. The number of thioether (sulfide) groups is 1. The Hall–Kier alpha value is -2.16. The maximum absolute atomic E-state index is 13.7. The van der Waals surface area contributed by atoms with E-state index < -0.39 is 11.6 Å². The molecule has 0 aliphatic carbocycles. The quantitative estimate of drug-likeness (QED) is 0.288. The third-order valence-electron chi connectivity index (χ3n) is 4.07. The Kier molecular flexibility index (Phi) is 8.69. The number of hydrogen-bond acceptors (Lipinski definition) is 4. The summed E-state index contributed by atoms with van der Waals surface area (Å²) in [5, 5.41) is 15.7. The first-order valence-electron chi connectivity index (χ1n) is 9.29. The lowest BCUT2D eigenvalue weighted by molar-refractivity contribution is 0.477. The largest absolute Gasteiger partial charge is 0.356 e. The molecule has 0 saturated heterocycles. The van der Waals surface area contributed by atoms with Gasteiger partial charge in [-0.1, -0.05) is 25.6 Å². The van der Waals surface area contributed by atoms with Crippen LogP contribution in [0.25, 0.3) is 0 Å². The predicted octanol–water partition coefficient (Wildman–Crippen LogP) is 3.23. The second-order valence-corrected chi connectivity index (χ2v) is 7.57. The Labute approximate surface area is 169 Å². The minimum Gasteiger partial charge on any atom is -0.356 e. The molecule has 0 spiro atoms. The van der Waals surface area contributed by atoms with E-state index in [2.05, 4.69) is 44.2 Å². The molecule has 0 aliphatic rings. The minimum absolute atomic E-state index is 0.156. The monoisotopic (exact) mass is 410 g/mol. The summed E-state index contributed by atoms with van der Waals surface area (Å²) in [6.45, 7) is 6.07. The van der Waals surface area contributed by atoms with Crippen LogP contribution in [0.1, 0.15) is 31.7 Å². The molecule has 28 heavy (non-hydrogen) atoms. The van der Waals surface area contributed by atoms with E-state index in [1.165, 1.54) is 6.07 Å². The maximum Gasteiger partial charge on any atom is 0.191 e. The van der Waals surface area contributed by atoms with E-state index in [1.54, 1.807) is 18.8 Å². The second-order valence-electron chi connectivity index (χ2n) is 6.80. The van der Waals surface area contributed by atoms with Crippen molar-refractivity contribution in [1.29, 1.82) is 0 Å². The zero-order valence-corrected chi connectivity index (χ0v) is 17.6. The van der Waals surface area contributed by atoms with E-state index in [4.69, 9.17) is 0 Å². The van der Waals surface area contributed by atoms with Crippen LogP contribution in [0.4, 0.5) is 8.78 Å². The number of nitrogens with zero attached hydrogens (tertiary/aromatic N) is 4. The van der Waals surface area contributed by atoms with Crippen LogP contribution >= 0.6 is 11.8 Å². The van der Waals surface area contributed by atoms with Gasteiger partial charge >= 0.3 is 0 Å². The van der Waals surface area contributed by atoms with Crippen molar-refractivity contribution in [3.05, 3.63) is 41.2 Å². The van der Waals surface area contributed by atoms with E-state index in [-0.39, 0.29) is 12.1 Å². The van der Waals surface area contributed by atoms with Crippen molar-refractivity contribution in [3.8, 4) is 0 Å². The first-order chi connectivity index (χ1) is 13.4. The van der Waals surface area contributed by atoms with Crippen LogP contribution in [0, 0.1) is 17.6 Å². The maximum atomic E-state index is 13.7. The number of rotatable bonds is 9. The topological polar surface area (TPSA) is 67.1 Å². The summed E-state index contributed by atoms with van der Waals surface area (Å²) in [5.74, 6) is 1.13. The van der Waals surface area contributed by atoms with Gasteiger partial charge in [-0.3, -0.25) is 4.99 Å². The molecule has 0 amide bonds. The van der Waals surface area contributed by atoms with Crippen LogP contribution in [0.3, 0.4) is 0 Å². The molecule has 0 fully saturated rings. The Morgan fingerprint density at radius 2 is 2.04 bits per heavy atom. The van der Waals surface area contributed by atoms with Crippen LogP contribution in [-0.4, -0.2) is 40.6 Å². The molecule has 0 saturated carbocycles. The molecule has 1 aromatic heterocycles. The fourth-order valence-corrected chi connectivity index (χ4v) is 3.26. The number of benzene rings is 1. The minimum atomic E-state index is -0.462. The van der Waals surface area contributed by atoms with Gasteiger partial charge in [0, 0.05) is 38.7 Å². The Morgan fingerprint density at radius 1 is 1.25 bits per heavy atom. The Morgan fingerprint density at radius 3 is 2.71 bits per heavy atom. The fourth-order valence-electron chi connectivity index (χ4n) is 2.74. The van der Waals surface area contributed by atoms with Gasteiger partial charge in [0.15, 0.2) is 11.1 Å². The van der Waals surface area contributed by atoms with Crippen LogP contribution in [0.5, 0.6) is 0 Å². The van der Waals surface area contributed by atoms with E-state index in [1.807, 2.05) is 6.26 Å². The molecule has 0 unspecified atom stereocenters. The van der Waals surface area contributed by atoms with Crippen LogP contribution in [0.15, 0.2) is 28.3 Å². The molecule has 0 atom stereocenters. The fraction of sp³-hybridized carbons (Fsp3) is 0.526. The molecule has 1 aromatic carbocycles. The molecule has 6 nitrogen and oxygen atoms in total. The van der Waals surface area contributed by atoms with Gasteiger partial charge in [-0.2, -0.15) is 0 Å². The first-order valence-corrected chi connectivity index (χ1v) is 10.5. The third-order valence-corrected chi connectivity index (χ3v) is 4.74. The molecule has 0 aliphatic heterocycles. The first kappa shape index (κ1) is 22.1. The summed E-state index contributed by atoms with van der Waals surface area (Å²) in [6.07, 6.45) is 3.64. The SMILES string of the molecule is CN=C(NCCCc1nnc(SC)n1CC(C)C)NCc1cc(F)ccc1F. The lowest BCUT2D eigenvalue weighted by Crippen LogP contribution is -2.37. The van der Waals surface area contributed by atoms with Gasteiger partial charge in [0.2, 0.25) is 0 Å². The number of guanidine groups is 1. The number of nitrogens with one attached hydrogen (secondary N) is 2. The predicted molar refractivity (Wildman–Crippen MR) is 110 cm³/mol. The van der Waals surface area contributed by atoms with E-state index in [9.17, 15) is 8.78 Å². The highest BCUT2D eigenvalue weighted by molar-refractivity contribution is 7.98. The Bertz CT molecular complexity index is 791. The molecular formula is C19H28F2N6S. The smallest absolute Gasteiger partial charge is 0.191 e. The highest BCUT2D eigenvalue weighted by Crippen LogP contribution is 2.16. The van der Waals surface area contributed by atoms with Crippen LogP contribution in [-0.2, 0) is 19.5 Å². The average molecular weight is 411 g/mol. The Balaban J connectivity index is 1.82. The van der Waals surface area contributed by atoms with E-state index >= 15 is 0 Å². The molecular weight excluding hydrogens is 382 g/mol. The van der Waals surface area contributed by atoms with Crippen molar-refractivity contribution in [3.63, 3.8) is 0 Å². The van der Waals surface area contributed by atoms with Crippen LogP contribution < -0.4 is 10.6 Å². The summed E-state index contributed by atoms with van der Waals surface area (Å²) < 4.78 is 29.1. The van der Waals surface area contributed by atoms with Crippen molar-refractivity contribution < 1.29 is 8.78 Å². The van der Waals surface area contributed by atoms with Gasteiger partial charge in [-0.15, -0.1) is 10.2 Å². The van der Waals surface area contributed by atoms with Crippen molar-refractivity contribution in [1.82, 2.24) is 25.4 Å². The zero-order valence-electron chi connectivity index (χ0n) is 16.8. The number of aryl methyl sites for hydroxylation is 1. The third kappa shape index (κ3) is 6.47. The molecule has 154 valence electrons. The highest BCUT2D eigenvalue weighted by atomic mass is 32.2. The van der Waals surface area contributed by atoms with Gasteiger partial charge in [-0.05, 0) is 36.8 Å². The van der Waals surface area contributed by atoms with Crippen molar-refractivity contribution >= 4 is 17.7 Å². The number of aliphatic imine (C=N–C) groups is 1. The van der Waals surface area contributed by atoms with Crippen LogP contribution in [0.2, 0.25) is 0 Å². The summed E-state index contributed by atoms with van der Waals surface area (Å²) in [6, 6.07) is 3.41. The van der Waals surface area contributed by atoms with Gasteiger partial charge in [0.05, 0.1) is 0 Å². The summed E-state index contributed by atoms with van der Waals surface area (Å²) in [7, 11) is 1.64. The molecule has 0 radical (unpaired) electrons. The molecule has 1 heterocycles. The lowest BCUT2D eigenvalue weighted by atomic mass is 10.2.